The van der Waals surface area contributed by atoms with Crippen molar-refractivity contribution in [1.29, 1.82) is 0 Å². The Balaban J connectivity index is 1.68. The lowest BCUT2D eigenvalue weighted by Gasteiger charge is -2.06. The summed E-state index contributed by atoms with van der Waals surface area (Å²) in [6, 6.07) is 10.1. The predicted octanol–water partition coefficient (Wildman–Crippen LogP) is 8.98. The molecule has 0 bridgehead atoms. The van der Waals surface area contributed by atoms with Gasteiger partial charge in [0.1, 0.15) is 5.75 Å². The average molecular weight is 435 g/mol. The second-order valence-corrected chi connectivity index (χ2v) is 9.54. The Morgan fingerprint density at radius 1 is 0.667 bits per heavy atom. The summed E-state index contributed by atoms with van der Waals surface area (Å²) in [7, 11) is 0. The van der Waals surface area contributed by atoms with Gasteiger partial charge >= 0.3 is 0 Å². The highest BCUT2D eigenvalue weighted by Gasteiger charge is 1.99. The standard InChI is InChI=1S/C27H46O2S/c1-2-27(28)30-25-21-16-14-12-10-8-6-4-3-5-7-9-11-13-15-20-24-29-26-22-18-17-19-23-26/h17-19,22-23H,2-16,20-21,24-25H2,1H3. The molecule has 1 aromatic carbocycles. The molecule has 30 heavy (non-hydrogen) atoms. The van der Waals surface area contributed by atoms with Gasteiger partial charge in [0.05, 0.1) is 6.61 Å². The maximum absolute atomic E-state index is 11.2. The lowest BCUT2D eigenvalue weighted by Crippen LogP contribution is -1.96. The Labute approximate surface area is 190 Å². The fourth-order valence-electron chi connectivity index (χ4n) is 3.67. The smallest absolute Gasteiger partial charge is 0.188 e. The van der Waals surface area contributed by atoms with Gasteiger partial charge in [-0.25, -0.2) is 0 Å². The van der Waals surface area contributed by atoms with E-state index in [1.807, 2.05) is 37.3 Å². The van der Waals surface area contributed by atoms with Crippen molar-refractivity contribution in [2.75, 3.05) is 12.4 Å². The van der Waals surface area contributed by atoms with Gasteiger partial charge in [-0.15, -0.1) is 0 Å². The molecule has 0 fully saturated rings. The van der Waals surface area contributed by atoms with E-state index in [4.69, 9.17) is 4.74 Å². The zero-order valence-corrected chi connectivity index (χ0v) is 20.4. The molecule has 0 saturated heterocycles. The molecule has 0 N–H and O–H groups in total. The average Bonchev–Trinajstić information content (AvgIpc) is 2.78. The number of carbonyl (C=O) groups excluding carboxylic acids is 1. The Morgan fingerprint density at radius 2 is 1.10 bits per heavy atom. The van der Waals surface area contributed by atoms with Crippen LogP contribution in [0.15, 0.2) is 30.3 Å². The van der Waals surface area contributed by atoms with Crippen LogP contribution in [0.3, 0.4) is 0 Å². The largest absolute Gasteiger partial charge is 0.494 e. The fourth-order valence-corrected chi connectivity index (χ4v) is 4.45. The first-order valence-electron chi connectivity index (χ1n) is 12.7. The molecule has 0 aliphatic rings. The predicted molar refractivity (Wildman–Crippen MR) is 134 cm³/mol. The number of hydrogen-bond acceptors (Lipinski definition) is 3. The molecule has 172 valence electrons. The molecule has 0 unspecified atom stereocenters. The van der Waals surface area contributed by atoms with Gasteiger partial charge in [0.15, 0.2) is 5.12 Å². The summed E-state index contributed by atoms with van der Waals surface area (Å²) in [6.07, 6.45) is 22.4. The van der Waals surface area contributed by atoms with Crippen LogP contribution >= 0.6 is 11.8 Å². The summed E-state index contributed by atoms with van der Waals surface area (Å²) in [5.41, 5.74) is 0. The van der Waals surface area contributed by atoms with E-state index in [0.29, 0.717) is 11.5 Å². The van der Waals surface area contributed by atoms with Crippen LogP contribution in [0.1, 0.15) is 116 Å². The van der Waals surface area contributed by atoms with Crippen LogP contribution in [0, 0.1) is 0 Å². The first-order chi connectivity index (χ1) is 14.8. The zero-order chi connectivity index (χ0) is 21.5. The van der Waals surface area contributed by atoms with Crippen molar-refractivity contribution >= 4 is 16.9 Å². The fraction of sp³-hybridized carbons (Fsp3) is 0.741. The van der Waals surface area contributed by atoms with Crippen LogP contribution in [-0.4, -0.2) is 17.5 Å². The molecule has 3 heteroatoms. The van der Waals surface area contributed by atoms with Gasteiger partial charge in [-0.3, -0.25) is 4.79 Å². The minimum Gasteiger partial charge on any atom is -0.494 e. The normalized spacial score (nSPS) is 11.0. The zero-order valence-electron chi connectivity index (χ0n) is 19.5. The van der Waals surface area contributed by atoms with Gasteiger partial charge in [0.25, 0.3) is 0 Å². The highest BCUT2D eigenvalue weighted by Crippen LogP contribution is 2.15. The SMILES string of the molecule is CCC(=O)SCCCCCCCCCCCCCCCCCCOc1ccccc1. The maximum Gasteiger partial charge on any atom is 0.188 e. The molecular weight excluding hydrogens is 388 g/mol. The highest BCUT2D eigenvalue weighted by molar-refractivity contribution is 8.13. The molecule has 0 heterocycles. The number of hydrogen-bond donors (Lipinski definition) is 0. The van der Waals surface area contributed by atoms with Crippen molar-refractivity contribution in [3.8, 4) is 5.75 Å². The van der Waals surface area contributed by atoms with Gasteiger partial charge in [-0.05, 0) is 25.0 Å². The molecule has 0 saturated carbocycles. The molecule has 0 radical (unpaired) electrons. The van der Waals surface area contributed by atoms with Crippen LogP contribution in [0.25, 0.3) is 0 Å². The summed E-state index contributed by atoms with van der Waals surface area (Å²) in [4.78, 5) is 11.2. The molecule has 0 aromatic heterocycles. The number of unbranched alkanes of at least 4 members (excludes halogenated alkanes) is 15. The third-order valence-corrected chi connectivity index (χ3v) is 6.71. The van der Waals surface area contributed by atoms with Gasteiger partial charge in [-0.2, -0.15) is 0 Å². The van der Waals surface area contributed by atoms with E-state index < -0.39 is 0 Å². The Bertz CT molecular complexity index is 489. The highest BCUT2D eigenvalue weighted by atomic mass is 32.2. The summed E-state index contributed by atoms with van der Waals surface area (Å²) in [5, 5.41) is 0.347. The third kappa shape index (κ3) is 17.9. The van der Waals surface area contributed by atoms with Crippen molar-refractivity contribution in [3.63, 3.8) is 0 Å². The number of carbonyl (C=O) groups is 1. The van der Waals surface area contributed by atoms with Crippen molar-refractivity contribution in [1.82, 2.24) is 0 Å². The molecule has 1 aromatic rings. The van der Waals surface area contributed by atoms with Gasteiger partial charge in [-0.1, -0.05) is 127 Å². The van der Waals surface area contributed by atoms with E-state index in [1.165, 1.54) is 114 Å². The second kappa shape index (κ2) is 21.3. The van der Waals surface area contributed by atoms with E-state index >= 15 is 0 Å². The summed E-state index contributed by atoms with van der Waals surface area (Å²) in [5.74, 6) is 2.02. The molecule has 1 rings (SSSR count). The summed E-state index contributed by atoms with van der Waals surface area (Å²) < 4.78 is 5.73. The number of rotatable bonds is 21. The van der Waals surface area contributed by atoms with E-state index in [2.05, 4.69) is 0 Å². The van der Waals surface area contributed by atoms with Crippen LogP contribution in [0.5, 0.6) is 5.75 Å². The van der Waals surface area contributed by atoms with Gasteiger partial charge < -0.3 is 4.74 Å². The minimum absolute atomic E-state index is 0.347. The van der Waals surface area contributed by atoms with E-state index in [-0.39, 0.29) is 0 Å². The van der Waals surface area contributed by atoms with Crippen molar-refractivity contribution < 1.29 is 9.53 Å². The van der Waals surface area contributed by atoms with E-state index in [9.17, 15) is 4.79 Å². The second-order valence-electron chi connectivity index (χ2n) is 8.39. The van der Waals surface area contributed by atoms with E-state index in [1.54, 1.807) is 0 Å². The number of thioether (sulfide) groups is 1. The minimum atomic E-state index is 0.347. The molecular formula is C27H46O2S. The number of benzene rings is 1. The maximum atomic E-state index is 11.2. The van der Waals surface area contributed by atoms with Crippen LogP contribution in [-0.2, 0) is 4.79 Å². The Kier molecular flexibility index (Phi) is 19.2. The topological polar surface area (TPSA) is 26.3 Å². The van der Waals surface area contributed by atoms with E-state index in [0.717, 1.165) is 18.1 Å². The van der Waals surface area contributed by atoms with Crippen LogP contribution in [0.4, 0.5) is 0 Å². The molecule has 0 spiro atoms. The van der Waals surface area contributed by atoms with Crippen molar-refractivity contribution in [3.05, 3.63) is 30.3 Å². The summed E-state index contributed by atoms with van der Waals surface area (Å²) in [6.45, 7) is 2.80. The molecule has 0 aliphatic heterocycles. The monoisotopic (exact) mass is 434 g/mol. The lowest BCUT2D eigenvalue weighted by molar-refractivity contribution is -0.110. The van der Waals surface area contributed by atoms with Crippen LogP contribution in [0.2, 0.25) is 0 Å². The van der Waals surface area contributed by atoms with Crippen LogP contribution < -0.4 is 4.74 Å². The van der Waals surface area contributed by atoms with Gasteiger partial charge in [0.2, 0.25) is 0 Å². The molecule has 0 aliphatic carbocycles. The first kappa shape index (κ1) is 27.1. The third-order valence-electron chi connectivity index (χ3n) is 5.60. The number of ether oxygens (including phenoxy) is 1. The van der Waals surface area contributed by atoms with Gasteiger partial charge in [0, 0.05) is 12.2 Å². The Morgan fingerprint density at radius 3 is 1.57 bits per heavy atom. The van der Waals surface area contributed by atoms with Crippen molar-refractivity contribution in [2.45, 2.75) is 116 Å². The quantitative estimate of drug-likeness (QED) is 0.181. The summed E-state index contributed by atoms with van der Waals surface area (Å²) >= 11 is 1.52. The molecule has 0 amide bonds. The van der Waals surface area contributed by atoms with Crippen molar-refractivity contribution in [2.24, 2.45) is 0 Å². The first-order valence-corrected chi connectivity index (χ1v) is 13.6. The molecule has 0 atom stereocenters. The molecule has 2 nitrogen and oxygen atoms in total. The lowest BCUT2D eigenvalue weighted by atomic mass is 10.0. The Hall–Kier alpha value is -0.960. The number of para-hydroxylation sites is 1.